The number of aliphatic hydroxyl groups excluding tert-OH is 1. The van der Waals surface area contributed by atoms with Crippen molar-refractivity contribution in [3.63, 3.8) is 0 Å². The van der Waals surface area contributed by atoms with Crippen LogP contribution in [0.5, 0.6) is 0 Å². The number of nitrogens with zero attached hydrogens (tertiary/aromatic N) is 1. The molecule has 3 rings (SSSR count). The third-order valence-corrected chi connectivity index (χ3v) is 4.99. The minimum Gasteiger partial charge on any atom is -0.396 e. The molecule has 1 saturated heterocycles. The van der Waals surface area contributed by atoms with Crippen molar-refractivity contribution in [3.05, 3.63) is 35.2 Å². The number of sulfone groups is 1. The average molecular weight is 279 g/mol. The molecule has 100 valence electrons. The van der Waals surface area contributed by atoms with Crippen LogP contribution in [0.2, 0.25) is 0 Å². The second kappa shape index (κ2) is 4.18. The Labute approximate surface area is 111 Å². The summed E-state index contributed by atoms with van der Waals surface area (Å²) in [4.78, 5) is 13.6. The number of likely N-dealkylation sites (tertiary alicyclic amines) is 1. The summed E-state index contributed by atoms with van der Waals surface area (Å²) in [5.41, 5.74) is 0.992. The molecule has 1 unspecified atom stereocenters. The first-order chi connectivity index (χ1) is 9.03. The van der Waals surface area contributed by atoms with Gasteiger partial charge in [0.05, 0.1) is 16.0 Å². The van der Waals surface area contributed by atoms with Crippen molar-refractivity contribution in [3.8, 4) is 0 Å². The molecule has 6 heteroatoms. The van der Waals surface area contributed by atoms with Crippen LogP contribution in [0, 0.1) is 5.92 Å². The first-order valence-corrected chi connectivity index (χ1v) is 7.55. The summed E-state index contributed by atoms with van der Waals surface area (Å²) in [5, 5.41) is 10.3. The first kappa shape index (κ1) is 12.4. The van der Waals surface area contributed by atoms with Crippen molar-refractivity contribution in [1.82, 2.24) is 4.90 Å². The van der Waals surface area contributed by atoms with Gasteiger partial charge in [-0.1, -0.05) is 18.2 Å². The van der Waals surface area contributed by atoms with Crippen molar-refractivity contribution < 1.29 is 18.3 Å². The van der Waals surface area contributed by atoms with Crippen molar-refractivity contribution in [2.45, 2.75) is 11.3 Å². The Morgan fingerprint density at radius 3 is 2.74 bits per heavy atom. The molecule has 1 aromatic carbocycles. The zero-order chi connectivity index (χ0) is 13.6. The number of fused-ring (bicyclic) bond motifs is 1. The third-order valence-electron chi connectivity index (χ3n) is 3.49. The lowest BCUT2D eigenvalue weighted by molar-refractivity contribution is -0.125. The number of benzene rings is 1. The van der Waals surface area contributed by atoms with E-state index in [4.69, 9.17) is 5.11 Å². The van der Waals surface area contributed by atoms with Gasteiger partial charge in [-0.15, -0.1) is 0 Å². The molecule has 0 spiro atoms. The number of hydrogen-bond donors (Lipinski definition) is 1. The molecule has 0 saturated carbocycles. The van der Waals surface area contributed by atoms with E-state index < -0.39 is 9.84 Å². The number of aliphatic hydroxyl groups is 1. The lowest BCUT2D eigenvalue weighted by Crippen LogP contribution is -2.23. The zero-order valence-corrected chi connectivity index (χ0v) is 10.9. The highest BCUT2D eigenvalue weighted by Gasteiger charge is 2.37. The van der Waals surface area contributed by atoms with Gasteiger partial charge in [0.25, 0.3) is 0 Å². The molecule has 0 radical (unpaired) electrons. The second-order valence-corrected chi connectivity index (χ2v) is 6.57. The van der Waals surface area contributed by atoms with Crippen LogP contribution in [0.4, 0.5) is 0 Å². The monoisotopic (exact) mass is 279 g/mol. The average Bonchev–Trinajstić information content (AvgIpc) is 2.89. The van der Waals surface area contributed by atoms with Crippen LogP contribution in [0.25, 0.3) is 5.70 Å². The second-order valence-electron chi connectivity index (χ2n) is 4.80. The van der Waals surface area contributed by atoms with E-state index in [-0.39, 0.29) is 29.7 Å². The molecular weight excluding hydrogens is 266 g/mol. The van der Waals surface area contributed by atoms with Gasteiger partial charge in [-0.05, 0) is 6.07 Å². The summed E-state index contributed by atoms with van der Waals surface area (Å²) in [5.74, 6) is -0.263. The van der Waals surface area contributed by atoms with Crippen LogP contribution in [0.3, 0.4) is 0 Å². The van der Waals surface area contributed by atoms with Crippen LogP contribution in [-0.4, -0.2) is 37.5 Å². The topological polar surface area (TPSA) is 74.7 Å². The lowest BCUT2D eigenvalue weighted by atomic mass is 10.1. The van der Waals surface area contributed by atoms with Crippen molar-refractivity contribution >= 4 is 21.4 Å². The van der Waals surface area contributed by atoms with E-state index in [1.807, 2.05) is 0 Å². The molecule has 1 N–H and O–H groups in total. The number of rotatable bonds is 2. The molecule has 19 heavy (non-hydrogen) atoms. The van der Waals surface area contributed by atoms with E-state index in [1.54, 1.807) is 18.2 Å². The maximum Gasteiger partial charge on any atom is 0.227 e. The van der Waals surface area contributed by atoms with Crippen LogP contribution >= 0.6 is 0 Å². The highest BCUT2D eigenvalue weighted by atomic mass is 32.2. The molecule has 1 aromatic rings. The zero-order valence-electron chi connectivity index (χ0n) is 10.1. The normalized spacial score (nSPS) is 24.5. The summed E-state index contributed by atoms with van der Waals surface area (Å²) >= 11 is 0. The predicted molar refractivity (Wildman–Crippen MR) is 68.5 cm³/mol. The molecule has 1 atom stereocenters. The van der Waals surface area contributed by atoms with Crippen molar-refractivity contribution in [1.29, 1.82) is 0 Å². The van der Waals surface area contributed by atoms with Crippen LogP contribution in [0.15, 0.2) is 34.6 Å². The SMILES string of the molecule is O=C1CC(CO)CN1C1=CS(=O)(=O)c2ccccc21. The summed E-state index contributed by atoms with van der Waals surface area (Å²) < 4.78 is 24.0. The number of carbonyl (C=O) groups is 1. The van der Waals surface area contributed by atoms with Gasteiger partial charge in [-0.2, -0.15) is 0 Å². The smallest absolute Gasteiger partial charge is 0.227 e. The molecule has 2 aliphatic rings. The third kappa shape index (κ3) is 1.87. The van der Waals surface area contributed by atoms with Gasteiger partial charge in [-0.25, -0.2) is 8.42 Å². The largest absolute Gasteiger partial charge is 0.396 e. The fourth-order valence-corrected chi connectivity index (χ4v) is 3.97. The van der Waals surface area contributed by atoms with E-state index in [2.05, 4.69) is 0 Å². The van der Waals surface area contributed by atoms with E-state index in [0.29, 0.717) is 17.8 Å². The first-order valence-electron chi connectivity index (χ1n) is 6.00. The maximum atomic E-state index is 12.0. The fourth-order valence-electron chi connectivity index (χ4n) is 2.55. The molecule has 1 amide bonds. The molecule has 0 aromatic heterocycles. The Morgan fingerprint density at radius 1 is 1.32 bits per heavy atom. The lowest BCUT2D eigenvalue weighted by Gasteiger charge is -2.18. The Bertz CT molecular complexity index is 678. The van der Waals surface area contributed by atoms with E-state index in [9.17, 15) is 13.2 Å². The van der Waals surface area contributed by atoms with Crippen LogP contribution in [0.1, 0.15) is 12.0 Å². The van der Waals surface area contributed by atoms with E-state index in [1.165, 1.54) is 11.0 Å². The molecule has 1 fully saturated rings. The van der Waals surface area contributed by atoms with Gasteiger partial charge in [0.15, 0.2) is 0 Å². The van der Waals surface area contributed by atoms with Crippen LogP contribution in [-0.2, 0) is 14.6 Å². The van der Waals surface area contributed by atoms with Crippen molar-refractivity contribution in [2.24, 2.45) is 5.92 Å². The minimum absolute atomic E-state index is 0.0656. The highest BCUT2D eigenvalue weighted by molar-refractivity contribution is 7.95. The van der Waals surface area contributed by atoms with Crippen molar-refractivity contribution in [2.75, 3.05) is 13.2 Å². The summed E-state index contributed by atoms with van der Waals surface area (Å²) in [6, 6.07) is 6.65. The summed E-state index contributed by atoms with van der Waals surface area (Å²) in [7, 11) is -3.46. The number of carbonyl (C=O) groups excluding carboxylic acids is 1. The molecule has 2 heterocycles. The van der Waals surface area contributed by atoms with E-state index in [0.717, 1.165) is 5.41 Å². The van der Waals surface area contributed by atoms with Gasteiger partial charge in [0.1, 0.15) is 0 Å². The maximum absolute atomic E-state index is 12.0. The predicted octanol–water partition coefficient (Wildman–Crippen LogP) is 0.613. The highest BCUT2D eigenvalue weighted by Crippen LogP contribution is 2.37. The fraction of sp³-hybridized carbons (Fsp3) is 0.308. The Balaban J connectivity index is 2.06. The van der Waals surface area contributed by atoms with Gasteiger partial charge < -0.3 is 10.0 Å². The van der Waals surface area contributed by atoms with Crippen LogP contribution < -0.4 is 0 Å². The summed E-state index contributed by atoms with van der Waals surface area (Å²) in [6.45, 7) is 0.301. The molecule has 0 bridgehead atoms. The summed E-state index contributed by atoms with van der Waals surface area (Å²) in [6.07, 6.45) is 0.260. The molecule has 5 nitrogen and oxygen atoms in total. The minimum atomic E-state index is -3.46. The molecule has 0 aliphatic carbocycles. The van der Waals surface area contributed by atoms with Gasteiger partial charge >= 0.3 is 0 Å². The van der Waals surface area contributed by atoms with Gasteiger partial charge in [0, 0.05) is 31.1 Å². The Kier molecular flexibility index (Phi) is 2.72. The molecule has 2 aliphatic heterocycles. The standard InChI is InChI=1S/C13H13NO4S/c15-7-9-5-13(16)14(6-9)11-8-19(17,18)12-4-2-1-3-10(11)12/h1-4,8-9,15H,5-7H2. The quantitative estimate of drug-likeness (QED) is 0.861. The Morgan fingerprint density at radius 2 is 2.05 bits per heavy atom. The molecular formula is C13H13NO4S. The number of hydrogen-bond acceptors (Lipinski definition) is 4. The van der Waals surface area contributed by atoms with Gasteiger partial charge in [0.2, 0.25) is 15.7 Å². The number of amides is 1. The van der Waals surface area contributed by atoms with E-state index >= 15 is 0 Å². The Hall–Kier alpha value is -1.66. The van der Waals surface area contributed by atoms with Gasteiger partial charge in [-0.3, -0.25) is 4.79 Å².